The summed E-state index contributed by atoms with van der Waals surface area (Å²) in [5.41, 5.74) is 3.94. The molecule has 0 spiro atoms. The van der Waals surface area contributed by atoms with E-state index in [1.807, 2.05) is 39.0 Å². The summed E-state index contributed by atoms with van der Waals surface area (Å²) in [6, 6.07) is 13.6. The molecule has 0 unspecified atom stereocenters. The van der Waals surface area contributed by atoms with Crippen molar-refractivity contribution < 1.29 is 14.3 Å². The third kappa shape index (κ3) is 4.77. The molecule has 0 saturated heterocycles. The summed E-state index contributed by atoms with van der Waals surface area (Å²) < 4.78 is 11.8. The van der Waals surface area contributed by atoms with Crippen LogP contribution in [0.25, 0.3) is 11.3 Å². The number of nitrogens with zero attached hydrogens (tertiary/aromatic N) is 2. The second kappa shape index (κ2) is 9.47. The lowest BCUT2D eigenvalue weighted by Gasteiger charge is -2.18. The Morgan fingerprint density at radius 3 is 2.45 bits per heavy atom. The van der Waals surface area contributed by atoms with Crippen LogP contribution >= 0.6 is 0 Å². The fraction of sp³-hybridized carbons (Fsp3) is 0.292. The van der Waals surface area contributed by atoms with Crippen molar-refractivity contribution in [3.8, 4) is 22.8 Å². The first-order chi connectivity index (χ1) is 14.9. The first-order valence-corrected chi connectivity index (χ1v) is 10.1. The lowest BCUT2D eigenvalue weighted by Crippen LogP contribution is -2.34. The van der Waals surface area contributed by atoms with E-state index in [1.165, 1.54) is 17.9 Å². The number of methoxy groups -OCH3 is 2. The Hall–Kier alpha value is -3.61. The van der Waals surface area contributed by atoms with Crippen LogP contribution < -0.4 is 20.3 Å². The largest absolute Gasteiger partial charge is 0.493 e. The Labute approximate surface area is 181 Å². The quantitative estimate of drug-likeness (QED) is 0.620. The van der Waals surface area contributed by atoms with E-state index < -0.39 is 6.04 Å². The number of anilines is 1. The maximum absolute atomic E-state index is 13.0. The molecule has 1 amide bonds. The van der Waals surface area contributed by atoms with E-state index in [0.717, 1.165) is 16.7 Å². The third-order valence-corrected chi connectivity index (χ3v) is 5.13. The highest BCUT2D eigenvalue weighted by atomic mass is 16.5. The standard InChI is InChI=1S/C24H27N3O4/c1-6-20(24(29)25-17-9-11-21(30-4)22(14-17)31-5)27-23(28)12-10-19(26-27)18-13-15(2)7-8-16(18)3/h7-14,20H,6H2,1-5H3,(H,25,29)/t20-/m1/s1. The van der Waals surface area contributed by atoms with Crippen LogP contribution in [0.3, 0.4) is 0 Å². The molecule has 0 aliphatic rings. The van der Waals surface area contributed by atoms with Crippen LogP contribution in [-0.2, 0) is 4.79 Å². The molecule has 0 aliphatic heterocycles. The fourth-order valence-corrected chi connectivity index (χ4v) is 3.41. The summed E-state index contributed by atoms with van der Waals surface area (Å²) in [6.45, 7) is 5.84. The van der Waals surface area contributed by atoms with E-state index in [4.69, 9.17) is 9.47 Å². The number of aromatic nitrogens is 2. The number of hydrogen-bond acceptors (Lipinski definition) is 5. The molecule has 0 bridgehead atoms. The van der Waals surface area contributed by atoms with Gasteiger partial charge in [0, 0.05) is 23.4 Å². The molecule has 3 rings (SSSR count). The van der Waals surface area contributed by atoms with E-state index in [-0.39, 0.29) is 11.5 Å². The van der Waals surface area contributed by atoms with Gasteiger partial charge in [-0.25, -0.2) is 4.68 Å². The Bertz CT molecular complexity index is 1150. The lowest BCUT2D eigenvalue weighted by molar-refractivity contribution is -0.119. The predicted octanol–water partition coefficient (Wildman–Crippen LogP) is 4.13. The average molecular weight is 421 g/mol. The molecule has 0 saturated carbocycles. The van der Waals surface area contributed by atoms with Gasteiger partial charge in [0.05, 0.1) is 19.9 Å². The smallest absolute Gasteiger partial charge is 0.267 e. The van der Waals surface area contributed by atoms with Crippen molar-refractivity contribution in [2.24, 2.45) is 0 Å². The van der Waals surface area contributed by atoms with Gasteiger partial charge >= 0.3 is 0 Å². The molecule has 1 atom stereocenters. The van der Waals surface area contributed by atoms with Gasteiger partial charge in [-0.15, -0.1) is 0 Å². The van der Waals surface area contributed by atoms with E-state index in [9.17, 15) is 9.59 Å². The Kier molecular flexibility index (Phi) is 6.74. The van der Waals surface area contributed by atoms with Crippen LogP contribution in [0, 0.1) is 13.8 Å². The van der Waals surface area contributed by atoms with Gasteiger partial charge in [-0.1, -0.05) is 24.6 Å². The van der Waals surface area contributed by atoms with Crippen LogP contribution in [-0.4, -0.2) is 29.9 Å². The zero-order valence-electron chi connectivity index (χ0n) is 18.4. The molecule has 0 aliphatic carbocycles. The minimum atomic E-state index is -0.759. The highest BCUT2D eigenvalue weighted by Gasteiger charge is 2.22. The first-order valence-electron chi connectivity index (χ1n) is 10.1. The van der Waals surface area contributed by atoms with Crippen LogP contribution in [0.15, 0.2) is 53.3 Å². The van der Waals surface area contributed by atoms with Gasteiger partial charge in [0.2, 0.25) is 5.91 Å². The second-order valence-corrected chi connectivity index (χ2v) is 7.30. The van der Waals surface area contributed by atoms with Gasteiger partial charge in [-0.3, -0.25) is 9.59 Å². The minimum Gasteiger partial charge on any atom is -0.493 e. The van der Waals surface area contributed by atoms with E-state index in [2.05, 4.69) is 10.4 Å². The topological polar surface area (TPSA) is 82.4 Å². The van der Waals surface area contributed by atoms with Crippen molar-refractivity contribution in [3.05, 3.63) is 70.0 Å². The number of nitrogens with one attached hydrogen (secondary N) is 1. The van der Waals surface area contributed by atoms with Crippen LogP contribution in [0.2, 0.25) is 0 Å². The number of carbonyl (C=O) groups is 1. The predicted molar refractivity (Wildman–Crippen MR) is 121 cm³/mol. The SMILES string of the molecule is CC[C@H](C(=O)Nc1ccc(OC)c(OC)c1)n1nc(-c2cc(C)ccc2C)ccc1=O. The van der Waals surface area contributed by atoms with Crippen LogP contribution in [0.5, 0.6) is 11.5 Å². The van der Waals surface area contributed by atoms with Crippen molar-refractivity contribution in [2.45, 2.75) is 33.2 Å². The van der Waals surface area contributed by atoms with Crippen LogP contribution in [0.4, 0.5) is 5.69 Å². The number of carbonyl (C=O) groups excluding carboxylic acids is 1. The lowest BCUT2D eigenvalue weighted by atomic mass is 10.0. The zero-order chi connectivity index (χ0) is 22.5. The Morgan fingerprint density at radius 1 is 1.03 bits per heavy atom. The van der Waals surface area contributed by atoms with Crippen LogP contribution in [0.1, 0.15) is 30.5 Å². The molecular formula is C24H27N3O4. The van der Waals surface area contributed by atoms with Crippen molar-refractivity contribution in [1.29, 1.82) is 0 Å². The van der Waals surface area contributed by atoms with Crippen molar-refractivity contribution in [3.63, 3.8) is 0 Å². The van der Waals surface area contributed by atoms with E-state index >= 15 is 0 Å². The van der Waals surface area contributed by atoms with E-state index in [1.54, 1.807) is 31.4 Å². The average Bonchev–Trinajstić information content (AvgIpc) is 2.77. The monoisotopic (exact) mass is 421 g/mol. The van der Waals surface area contributed by atoms with Gasteiger partial charge in [0.1, 0.15) is 6.04 Å². The van der Waals surface area contributed by atoms with Crippen molar-refractivity contribution >= 4 is 11.6 Å². The van der Waals surface area contributed by atoms with Gasteiger partial charge in [-0.05, 0) is 50.1 Å². The normalized spacial score (nSPS) is 11.6. The van der Waals surface area contributed by atoms with Gasteiger partial charge in [-0.2, -0.15) is 5.10 Å². The first kappa shape index (κ1) is 22.1. The molecule has 1 aromatic heterocycles. The molecular weight excluding hydrogens is 394 g/mol. The molecule has 2 aromatic carbocycles. The summed E-state index contributed by atoms with van der Waals surface area (Å²) in [5.74, 6) is 0.731. The minimum absolute atomic E-state index is 0.330. The van der Waals surface area contributed by atoms with Crippen molar-refractivity contribution in [2.75, 3.05) is 19.5 Å². The maximum Gasteiger partial charge on any atom is 0.267 e. The molecule has 1 N–H and O–H groups in total. The number of ether oxygens (including phenoxy) is 2. The molecule has 31 heavy (non-hydrogen) atoms. The molecule has 0 fully saturated rings. The molecule has 1 heterocycles. The van der Waals surface area contributed by atoms with Gasteiger partial charge in [0.15, 0.2) is 11.5 Å². The molecule has 3 aromatic rings. The zero-order valence-corrected chi connectivity index (χ0v) is 18.4. The van der Waals surface area contributed by atoms with Gasteiger partial charge < -0.3 is 14.8 Å². The highest BCUT2D eigenvalue weighted by Crippen LogP contribution is 2.30. The molecule has 0 radical (unpaired) electrons. The second-order valence-electron chi connectivity index (χ2n) is 7.30. The molecule has 7 nitrogen and oxygen atoms in total. The summed E-state index contributed by atoms with van der Waals surface area (Å²) in [7, 11) is 3.07. The molecule has 7 heteroatoms. The Morgan fingerprint density at radius 2 is 1.77 bits per heavy atom. The Balaban J connectivity index is 1.94. The fourth-order valence-electron chi connectivity index (χ4n) is 3.41. The third-order valence-electron chi connectivity index (χ3n) is 5.13. The number of amides is 1. The summed E-state index contributed by atoms with van der Waals surface area (Å²) in [4.78, 5) is 25.6. The van der Waals surface area contributed by atoms with Gasteiger partial charge in [0.25, 0.3) is 5.56 Å². The van der Waals surface area contributed by atoms with Crippen molar-refractivity contribution in [1.82, 2.24) is 9.78 Å². The summed E-state index contributed by atoms with van der Waals surface area (Å²) in [5, 5.41) is 7.39. The maximum atomic E-state index is 13.0. The molecule has 162 valence electrons. The highest BCUT2D eigenvalue weighted by molar-refractivity contribution is 5.94. The summed E-state index contributed by atoms with van der Waals surface area (Å²) in [6.07, 6.45) is 0.405. The summed E-state index contributed by atoms with van der Waals surface area (Å²) >= 11 is 0. The van der Waals surface area contributed by atoms with E-state index in [0.29, 0.717) is 29.3 Å². The number of rotatable bonds is 7. The number of benzene rings is 2. The number of hydrogen-bond donors (Lipinski definition) is 1. The number of aryl methyl sites for hydroxylation is 2.